The summed E-state index contributed by atoms with van der Waals surface area (Å²) in [4.78, 5) is 15.6. The van der Waals surface area contributed by atoms with Crippen molar-refractivity contribution in [3.8, 4) is 5.75 Å². The predicted molar refractivity (Wildman–Crippen MR) is 161 cm³/mol. The third-order valence-corrected chi connectivity index (χ3v) is 12.2. The molecule has 0 radical (unpaired) electrons. The third kappa shape index (κ3) is 5.84. The number of carbonyl (C=O) groups is 1. The molecule has 0 spiro atoms. The molecule has 0 unspecified atom stereocenters. The van der Waals surface area contributed by atoms with E-state index in [1.165, 1.54) is 5.56 Å². The van der Waals surface area contributed by atoms with Gasteiger partial charge in [0.1, 0.15) is 12.4 Å². The zero-order valence-electron chi connectivity index (χ0n) is 23.9. The van der Waals surface area contributed by atoms with Crippen molar-refractivity contribution in [3.05, 3.63) is 58.1 Å². The molecule has 6 rings (SSSR count). The van der Waals surface area contributed by atoms with Crippen LogP contribution in [-0.4, -0.2) is 43.4 Å². The number of nitrogens with one attached hydrogen (secondary N) is 1. The molecule has 2 heterocycles. The lowest BCUT2D eigenvalue weighted by Gasteiger charge is -2.48. The summed E-state index contributed by atoms with van der Waals surface area (Å²) in [6.45, 7) is 5.56. The number of hydrogen-bond donors (Lipinski definition) is 2. The normalized spacial score (nSPS) is 33.4. The minimum absolute atomic E-state index is 0.197. The van der Waals surface area contributed by atoms with Gasteiger partial charge in [0.25, 0.3) is 5.91 Å². The van der Waals surface area contributed by atoms with Gasteiger partial charge in [-0.2, -0.15) is 0 Å². The molecule has 2 aliphatic heterocycles. The summed E-state index contributed by atoms with van der Waals surface area (Å²) in [7, 11) is -3.85. The van der Waals surface area contributed by atoms with Crippen LogP contribution in [0.15, 0.2) is 36.4 Å². The van der Waals surface area contributed by atoms with Gasteiger partial charge in [-0.15, -0.1) is 0 Å². The second kappa shape index (κ2) is 11.1. The number of carbonyl (C=O) groups excluding carboxylic acids is 1. The maximum absolute atomic E-state index is 13.3. The van der Waals surface area contributed by atoms with Gasteiger partial charge in [-0.05, 0) is 130 Å². The molecule has 4 aliphatic rings. The average Bonchev–Trinajstić information content (AvgIpc) is 3.70. The van der Waals surface area contributed by atoms with E-state index < -0.39 is 26.8 Å². The van der Waals surface area contributed by atoms with Gasteiger partial charge in [-0.1, -0.05) is 17.7 Å². The highest BCUT2D eigenvalue weighted by atomic mass is 35.5. The highest BCUT2D eigenvalue weighted by Gasteiger charge is 2.56. The van der Waals surface area contributed by atoms with Crippen molar-refractivity contribution in [1.29, 1.82) is 0 Å². The first-order valence-electron chi connectivity index (χ1n) is 15.1. The van der Waals surface area contributed by atoms with Gasteiger partial charge in [-0.25, -0.2) is 13.1 Å². The van der Waals surface area contributed by atoms with Crippen LogP contribution in [0.25, 0.3) is 0 Å². The Morgan fingerprint density at radius 3 is 2.61 bits per heavy atom. The Bertz CT molecular complexity index is 1430. The number of sulfonamides is 1. The molecular formula is C32H41ClN2O5S. The Labute approximate surface area is 248 Å². The van der Waals surface area contributed by atoms with Crippen LogP contribution in [0.3, 0.4) is 0 Å². The zero-order chi connectivity index (χ0) is 28.9. The molecule has 0 saturated heterocycles. The fourth-order valence-corrected chi connectivity index (χ4v) is 8.59. The molecule has 222 valence electrons. The molecular weight excluding hydrogens is 560 g/mol. The summed E-state index contributed by atoms with van der Waals surface area (Å²) in [5, 5.41) is 11.8. The summed E-state index contributed by atoms with van der Waals surface area (Å²) in [5.74, 6) is 1.11. The van der Waals surface area contributed by atoms with Gasteiger partial charge < -0.3 is 14.7 Å². The van der Waals surface area contributed by atoms with E-state index in [1.807, 2.05) is 25.1 Å². The van der Waals surface area contributed by atoms with Crippen molar-refractivity contribution >= 4 is 33.2 Å². The number of halogens is 1. The van der Waals surface area contributed by atoms with E-state index in [0.29, 0.717) is 41.2 Å². The number of amides is 1. The topological polar surface area (TPSA) is 95.9 Å². The van der Waals surface area contributed by atoms with Gasteiger partial charge in [0, 0.05) is 23.7 Å². The lowest BCUT2D eigenvalue weighted by molar-refractivity contribution is -0.0867. The minimum atomic E-state index is -3.85. The average molecular weight is 601 g/mol. The molecule has 2 saturated carbocycles. The molecule has 0 aromatic heterocycles. The van der Waals surface area contributed by atoms with Gasteiger partial charge in [0.2, 0.25) is 10.0 Å². The monoisotopic (exact) mass is 600 g/mol. The van der Waals surface area contributed by atoms with Gasteiger partial charge in [0.05, 0.1) is 16.5 Å². The van der Waals surface area contributed by atoms with E-state index in [0.717, 1.165) is 69.3 Å². The Balaban J connectivity index is 1.38. The molecule has 2 aromatic carbocycles. The number of nitrogens with zero attached hydrogens (tertiary/aromatic N) is 1. The van der Waals surface area contributed by atoms with E-state index >= 15 is 0 Å². The predicted octanol–water partition coefficient (Wildman–Crippen LogP) is 5.72. The molecule has 2 N–H and O–H groups in total. The minimum Gasteiger partial charge on any atom is -0.487 e. The standard InChI is InChI=1S/C32H41ClN2O5S/c1-20-6-7-22-16-28(22)32(2,37)27-12-9-24(27)18-35-14-4-3-5-21-15-26(33)11-8-25(21)19-40-30-13-10-23(17-29(30)35)31(36)34-41(20,38)39/h8,10-11,13,15,17,20,22,24,27-28,37H,3-7,9,12,14,16,18-19H2,1-2H3,(H,34,36)/t20-,22-,24+,27-,28-,32-/m1/s1. The van der Waals surface area contributed by atoms with Crippen LogP contribution < -0.4 is 14.4 Å². The molecule has 1 amide bonds. The Kier molecular flexibility index (Phi) is 7.79. The highest BCUT2D eigenvalue weighted by molar-refractivity contribution is 7.90. The van der Waals surface area contributed by atoms with Crippen LogP contribution in [0, 0.1) is 23.7 Å². The van der Waals surface area contributed by atoms with Gasteiger partial charge in [0.15, 0.2) is 0 Å². The molecule has 2 fully saturated rings. The number of aryl methyl sites for hydroxylation is 1. The highest BCUT2D eigenvalue weighted by Crippen LogP contribution is 2.57. The first-order chi connectivity index (χ1) is 19.5. The van der Waals surface area contributed by atoms with Crippen LogP contribution in [0.5, 0.6) is 5.75 Å². The first kappa shape index (κ1) is 28.8. The second-order valence-corrected chi connectivity index (χ2v) is 15.5. The van der Waals surface area contributed by atoms with Crippen LogP contribution in [0.2, 0.25) is 5.02 Å². The van der Waals surface area contributed by atoms with E-state index in [4.69, 9.17) is 16.3 Å². The van der Waals surface area contributed by atoms with E-state index in [1.54, 1.807) is 25.1 Å². The van der Waals surface area contributed by atoms with Crippen molar-refractivity contribution in [2.75, 3.05) is 18.0 Å². The number of rotatable bonds is 0. The van der Waals surface area contributed by atoms with Crippen molar-refractivity contribution < 1.29 is 23.1 Å². The van der Waals surface area contributed by atoms with Gasteiger partial charge >= 0.3 is 0 Å². The second-order valence-electron chi connectivity index (χ2n) is 12.9. The molecule has 9 heteroatoms. The quantitative estimate of drug-likeness (QED) is 0.402. The number of anilines is 1. The number of benzene rings is 2. The summed E-state index contributed by atoms with van der Waals surface area (Å²) >= 11 is 6.31. The summed E-state index contributed by atoms with van der Waals surface area (Å²) < 4.78 is 34.9. The SMILES string of the molecule is C[C@@H]1CC[C@@H]2C[C@H]2[C@](C)(O)[C@@H]2CC[C@H]2CN2CCCCc3cc(Cl)ccc3COc3ccc(cc32)C(=O)NS1(=O)=O. The van der Waals surface area contributed by atoms with Crippen LogP contribution in [-0.2, 0) is 23.1 Å². The van der Waals surface area contributed by atoms with Crippen molar-refractivity contribution in [2.45, 2.75) is 82.7 Å². The summed E-state index contributed by atoms with van der Waals surface area (Å²) in [5.41, 5.74) is 2.59. The fourth-order valence-electron chi connectivity index (χ4n) is 7.37. The molecule has 6 atom stereocenters. The summed E-state index contributed by atoms with van der Waals surface area (Å²) in [6.07, 6.45) is 7.01. The zero-order valence-corrected chi connectivity index (χ0v) is 25.5. The van der Waals surface area contributed by atoms with Crippen LogP contribution in [0.4, 0.5) is 5.69 Å². The third-order valence-electron chi connectivity index (χ3n) is 10.2. The largest absolute Gasteiger partial charge is 0.487 e. The number of fused-ring (bicyclic) bond motifs is 4. The number of ether oxygens (including phenoxy) is 1. The van der Waals surface area contributed by atoms with Crippen LogP contribution in [0.1, 0.15) is 80.3 Å². The molecule has 2 aliphatic carbocycles. The molecule has 41 heavy (non-hydrogen) atoms. The lowest BCUT2D eigenvalue weighted by atomic mass is 9.63. The molecule has 2 bridgehead atoms. The van der Waals surface area contributed by atoms with Crippen molar-refractivity contribution in [2.24, 2.45) is 23.7 Å². The van der Waals surface area contributed by atoms with E-state index in [9.17, 15) is 18.3 Å². The number of aliphatic hydroxyl groups is 1. The van der Waals surface area contributed by atoms with E-state index in [-0.39, 0.29) is 11.8 Å². The maximum Gasteiger partial charge on any atom is 0.264 e. The first-order valence-corrected chi connectivity index (χ1v) is 17.0. The molecule has 7 nitrogen and oxygen atoms in total. The van der Waals surface area contributed by atoms with Crippen molar-refractivity contribution in [1.82, 2.24) is 4.72 Å². The summed E-state index contributed by atoms with van der Waals surface area (Å²) in [6, 6.07) is 11.1. The van der Waals surface area contributed by atoms with E-state index in [2.05, 4.69) is 9.62 Å². The Hall–Kier alpha value is -2.29. The van der Waals surface area contributed by atoms with Crippen molar-refractivity contribution in [3.63, 3.8) is 0 Å². The Morgan fingerprint density at radius 2 is 1.83 bits per heavy atom. The fraction of sp³-hybridized carbons (Fsp3) is 0.594. The molecule has 2 aromatic rings. The lowest BCUT2D eigenvalue weighted by Crippen LogP contribution is -2.51. The smallest absolute Gasteiger partial charge is 0.264 e. The van der Waals surface area contributed by atoms with Gasteiger partial charge in [-0.3, -0.25) is 4.79 Å². The Morgan fingerprint density at radius 1 is 1.02 bits per heavy atom. The van der Waals surface area contributed by atoms with Crippen LogP contribution >= 0.6 is 11.6 Å². The number of hydrogen-bond acceptors (Lipinski definition) is 6. The maximum atomic E-state index is 13.3.